The van der Waals surface area contributed by atoms with Gasteiger partial charge in [-0.3, -0.25) is 4.79 Å². The minimum absolute atomic E-state index is 0.123. The second-order valence-electron chi connectivity index (χ2n) is 4.40. The number of aryl methyl sites for hydroxylation is 2. The molecule has 1 amide bonds. The summed E-state index contributed by atoms with van der Waals surface area (Å²) in [5.74, 6) is -0.252. The van der Waals surface area contributed by atoms with Crippen LogP contribution < -0.4 is 5.32 Å². The van der Waals surface area contributed by atoms with Gasteiger partial charge in [0.2, 0.25) is 5.91 Å². The summed E-state index contributed by atoms with van der Waals surface area (Å²) in [6.07, 6.45) is 0. The summed E-state index contributed by atoms with van der Waals surface area (Å²) in [6.45, 7) is 4.20. The highest BCUT2D eigenvalue weighted by Gasteiger charge is 2.15. The number of carbonyl (C=O) groups is 2. The van der Waals surface area contributed by atoms with Crippen LogP contribution in [0.3, 0.4) is 0 Å². The standard InChI is InChI=1S/C14H19NO4S/c1-9-6-10(2)13(11(7-9)14(17)18)15-12(16)8-20-5-4-19-3/h6-7H,4-5,8H2,1-3H3,(H,15,16)(H,17,18). The highest BCUT2D eigenvalue weighted by Crippen LogP contribution is 2.23. The maximum absolute atomic E-state index is 11.8. The van der Waals surface area contributed by atoms with Gasteiger partial charge >= 0.3 is 5.97 Å². The highest BCUT2D eigenvalue weighted by atomic mass is 32.2. The molecule has 0 aliphatic rings. The Morgan fingerprint density at radius 2 is 2.05 bits per heavy atom. The molecule has 0 bridgehead atoms. The van der Waals surface area contributed by atoms with Crippen molar-refractivity contribution in [3.63, 3.8) is 0 Å². The predicted molar refractivity (Wildman–Crippen MR) is 80.7 cm³/mol. The Hall–Kier alpha value is -1.53. The van der Waals surface area contributed by atoms with Crippen LogP contribution in [0.25, 0.3) is 0 Å². The molecular weight excluding hydrogens is 278 g/mol. The Kier molecular flexibility index (Phi) is 6.54. The first-order valence-corrected chi connectivity index (χ1v) is 7.32. The number of methoxy groups -OCH3 is 1. The van der Waals surface area contributed by atoms with Crippen molar-refractivity contribution in [2.75, 3.05) is 30.5 Å². The van der Waals surface area contributed by atoms with Crippen LogP contribution in [0.1, 0.15) is 21.5 Å². The number of aromatic carboxylic acids is 1. The molecule has 6 heteroatoms. The number of hydrogen-bond donors (Lipinski definition) is 2. The number of carboxylic acids is 1. The van der Waals surface area contributed by atoms with E-state index >= 15 is 0 Å². The fourth-order valence-electron chi connectivity index (χ4n) is 1.78. The van der Waals surface area contributed by atoms with Crippen LogP contribution in [0.15, 0.2) is 12.1 Å². The fraction of sp³-hybridized carbons (Fsp3) is 0.429. The molecule has 0 heterocycles. The van der Waals surface area contributed by atoms with Gasteiger partial charge in [0, 0.05) is 12.9 Å². The molecule has 0 atom stereocenters. The SMILES string of the molecule is COCCSCC(=O)Nc1c(C)cc(C)cc1C(=O)O. The lowest BCUT2D eigenvalue weighted by Crippen LogP contribution is -2.18. The predicted octanol–water partition coefficient (Wildman–Crippen LogP) is 2.32. The minimum Gasteiger partial charge on any atom is -0.478 e. The van der Waals surface area contributed by atoms with E-state index in [1.165, 1.54) is 11.8 Å². The van der Waals surface area contributed by atoms with Gasteiger partial charge in [0.15, 0.2) is 0 Å². The van der Waals surface area contributed by atoms with Crippen molar-refractivity contribution < 1.29 is 19.4 Å². The zero-order chi connectivity index (χ0) is 15.1. The maximum atomic E-state index is 11.8. The van der Waals surface area contributed by atoms with Crippen molar-refractivity contribution in [1.29, 1.82) is 0 Å². The Morgan fingerprint density at radius 1 is 1.35 bits per heavy atom. The number of nitrogens with one attached hydrogen (secondary N) is 1. The van der Waals surface area contributed by atoms with E-state index in [9.17, 15) is 14.7 Å². The van der Waals surface area contributed by atoms with Gasteiger partial charge in [0.1, 0.15) is 0 Å². The van der Waals surface area contributed by atoms with Crippen molar-refractivity contribution in [1.82, 2.24) is 0 Å². The number of carboxylic acid groups (broad SMARTS) is 1. The molecule has 0 aliphatic carbocycles. The Morgan fingerprint density at radius 3 is 2.65 bits per heavy atom. The molecule has 0 aromatic heterocycles. The van der Waals surface area contributed by atoms with Crippen LogP contribution in [0.2, 0.25) is 0 Å². The molecule has 0 saturated heterocycles. The normalized spacial score (nSPS) is 10.3. The molecule has 0 fully saturated rings. The minimum atomic E-state index is -1.04. The fourth-order valence-corrected chi connectivity index (χ4v) is 2.47. The number of thioether (sulfide) groups is 1. The quantitative estimate of drug-likeness (QED) is 0.755. The summed E-state index contributed by atoms with van der Waals surface area (Å²) in [7, 11) is 1.61. The molecule has 110 valence electrons. The van der Waals surface area contributed by atoms with Gasteiger partial charge in [-0.2, -0.15) is 0 Å². The van der Waals surface area contributed by atoms with E-state index in [0.717, 1.165) is 16.9 Å². The Bertz CT molecular complexity index is 502. The summed E-state index contributed by atoms with van der Waals surface area (Å²) < 4.78 is 4.89. The first kappa shape index (κ1) is 16.5. The van der Waals surface area contributed by atoms with E-state index in [-0.39, 0.29) is 17.2 Å². The molecule has 0 unspecified atom stereocenters. The number of benzene rings is 1. The second kappa shape index (κ2) is 7.91. The first-order chi connectivity index (χ1) is 9.45. The topological polar surface area (TPSA) is 75.6 Å². The van der Waals surface area contributed by atoms with E-state index in [1.807, 2.05) is 13.0 Å². The van der Waals surface area contributed by atoms with Gasteiger partial charge in [0.25, 0.3) is 0 Å². The van der Waals surface area contributed by atoms with Crippen LogP contribution in [0, 0.1) is 13.8 Å². The van der Waals surface area contributed by atoms with Gasteiger partial charge in [0.05, 0.1) is 23.6 Å². The summed E-state index contributed by atoms with van der Waals surface area (Å²) in [5, 5.41) is 11.9. The second-order valence-corrected chi connectivity index (χ2v) is 5.51. The zero-order valence-electron chi connectivity index (χ0n) is 11.9. The number of carbonyl (C=O) groups excluding carboxylic acids is 1. The van der Waals surface area contributed by atoms with Gasteiger partial charge in [-0.25, -0.2) is 4.79 Å². The van der Waals surface area contributed by atoms with Crippen LogP contribution in [-0.2, 0) is 9.53 Å². The first-order valence-electron chi connectivity index (χ1n) is 6.16. The number of ether oxygens (including phenoxy) is 1. The molecule has 20 heavy (non-hydrogen) atoms. The average molecular weight is 297 g/mol. The van der Waals surface area contributed by atoms with Crippen molar-refractivity contribution >= 4 is 29.3 Å². The van der Waals surface area contributed by atoms with Crippen LogP contribution in [0.5, 0.6) is 0 Å². The maximum Gasteiger partial charge on any atom is 0.337 e. The molecule has 0 spiro atoms. The third-order valence-corrected chi connectivity index (χ3v) is 3.56. The van der Waals surface area contributed by atoms with E-state index in [0.29, 0.717) is 12.3 Å². The smallest absolute Gasteiger partial charge is 0.337 e. The molecule has 1 aromatic rings. The van der Waals surface area contributed by atoms with Crippen LogP contribution >= 0.6 is 11.8 Å². The van der Waals surface area contributed by atoms with E-state index in [1.54, 1.807) is 20.1 Å². The van der Waals surface area contributed by atoms with E-state index < -0.39 is 5.97 Å². The molecular formula is C14H19NO4S. The summed E-state index contributed by atoms with van der Waals surface area (Å²) in [4.78, 5) is 23.1. The van der Waals surface area contributed by atoms with Gasteiger partial charge in [-0.15, -0.1) is 11.8 Å². The molecule has 5 nitrogen and oxygen atoms in total. The molecule has 0 saturated carbocycles. The lowest BCUT2D eigenvalue weighted by Gasteiger charge is -2.12. The van der Waals surface area contributed by atoms with Gasteiger partial charge in [-0.1, -0.05) is 6.07 Å². The van der Waals surface area contributed by atoms with Gasteiger partial charge in [-0.05, 0) is 31.0 Å². The molecule has 1 aromatic carbocycles. The van der Waals surface area contributed by atoms with Crippen molar-refractivity contribution in [3.05, 3.63) is 28.8 Å². The Labute approximate surface area is 122 Å². The molecule has 1 rings (SSSR count). The number of rotatable bonds is 7. The lowest BCUT2D eigenvalue weighted by atomic mass is 10.0. The Balaban J connectivity index is 2.76. The van der Waals surface area contributed by atoms with E-state index in [2.05, 4.69) is 5.32 Å². The molecule has 0 aliphatic heterocycles. The monoisotopic (exact) mass is 297 g/mol. The summed E-state index contributed by atoms with van der Waals surface area (Å²) in [6, 6.07) is 3.41. The van der Waals surface area contributed by atoms with Crippen molar-refractivity contribution in [2.24, 2.45) is 0 Å². The number of anilines is 1. The zero-order valence-corrected chi connectivity index (χ0v) is 12.7. The summed E-state index contributed by atoms with van der Waals surface area (Å²) >= 11 is 1.44. The molecule has 0 radical (unpaired) electrons. The van der Waals surface area contributed by atoms with Crippen molar-refractivity contribution in [3.8, 4) is 0 Å². The summed E-state index contributed by atoms with van der Waals surface area (Å²) in [5.41, 5.74) is 2.10. The highest BCUT2D eigenvalue weighted by molar-refractivity contribution is 7.99. The average Bonchev–Trinajstić information content (AvgIpc) is 2.37. The number of hydrogen-bond acceptors (Lipinski definition) is 4. The third kappa shape index (κ3) is 4.86. The molecule has 2 N–H and O–H groups in total. The number of amides is 1. The van der Waals surface area contributed by atoms with Crippen molar-refractivity contribution in [2.45, 2.75) is 13.8 Å². The van der Waals surface area contributed by atoms with E-state index in [4.69, 9.17) is 4.74 Å². The van der Waals surface area contributed by atoms with Crippen LogP contribution in [0.4, 0.5) is 5.69 Å². The third-order valence-electron chi connectivity index (χ3n) is 2.64. The van der Waals surface area contributed by atoms with Crippen LogP contribution in [-0.4, -0.2) is 42.2 Å². The largest absolute Gasteiger partial charge is 0.478 e. The van der Waals surface area contributed by atoms with Gasteiger partial charge < -0.3 is 15.2 Å². The lowest BCUT2D eigenvalue weighted by molar-refractivity contribution is -0.113.